The molecule has 2 rings (SSSR count). The highest BCUT2D eigenvalue weighted by molar-refractivity contribution is 5.78. The van der Waals surface area contributed by atoms with E-state index < -0.39 is 0 Å². The van der Waals surface area contributed by atoms with Gasteiger partial charge in [0.15, 0.2) is 0 Å². The number of benzene rings is 1. The number of nitrogens with two attached hydrogens (primary N) is 1. The van der Waals surface area contributed by atoms with Gasteiger partial charge in [0.2, 0.25) is 0 Å². The Bertz CT molecular complexity index is 499. The SMILES string of the molecule is CCOCCC(N)Cc1ccc2ccccc2n1. The summed E-state index contributed by atoms with van der Waals surface area (Å²) in [7, 11) is 0. The molecule has 18 heavy (non-hydrogen) atoms. The topological polar surface area (TPSA) is 48.1 Å². The van der Waals surface area contributed by atoms with Crippen LogP contribution >= 0.6 is 0 Å². The van der Waals surface area contributed by atoms with E-state index in [1.165, 1.54) is 5.39 Å². The largest absolute Gasteiger partial charge is 0.382 e. The van der Waals surface area contributed by atoms with Gasteiger partial charge in [-0.05, 0) is 25.5 Å². The molecule has 0 aliphatic heterocycles. The maximum absolute atomic E-state index is 6.07. The first-order valence-corrected chi connectivity index (χ1v) is 6.47. The minimum Gasteiger partial charge on any atom is -0.382 e. The van der Waals surface area contributed by atoms with Crippen molar-refractivity contribution in [3.8, 4) is 0 Å². The molecule has 0 aliphatic carbocycles. The molecule has 2 aromatic rings. The second-order valence-corrected chi connectivity index (χ2v) is 4.45. The molecular weight excluding hydrogens is 224 g/mol. The summed E-state index contributed by atoms with van der Waals surface area (Å²) in [6, 6.07) is 12.4. The van der Waals surface area contributed by atoms with Crippen LogP contribution in [0.1, 0.15) is 19.0 Å². The van der Waals surface area contributed by atoms with Gasteiger partial charge in [0.05, 0.1) is 5.52 Å². The minimum atomic E-state index is 0.116. The first-order chi connectivity index (χ1) is 8.79. The fourth-order valence-corrected chi connectivity index (χ4v) is 1.97. The molecule has 1 atom stereocenters. The number of nitrogens with zero attached hydrogens (tertiary/aromatic N) is 1. The number of fused-ring (bicyclic) bond motifs is 1. The molecule has 1 heterocycles. The van der Waals surface area contributed by atoms with Gasteiger partial charge in [0.25, 0.3) is 0 Å². The molecule has 1 aromatic heterocycles. The van der Waals surface area contributed by atoms with Gasteiger partial charge in [-0.3, -0.25) is 4.98 Å². The van der Waals surface area contributed by atoms with Crippen molar-refractivity contribution in [2.45, 2.75) is 25.8 Å². The lowest BCUT2D eigenvalue weighted by Crippen LogP contribution is -2.25. The van der Waals surface area contributed by atoms with Crippen molar-refractivity contribution in [3.05, 3.63) is 42.1 Å². The van der Waals surface area contributed by atoms with E-state index in [4.69, 9.17) is 10.5 Å². The molecule has 3 nitrogen and oxygen atoms in total. The Hall–Kier alpha value is -1.45. The first kappa shape index (κ1) is 13.0. The second kappa shape index (κ2) is 6.47. The van der Waals surface area contributed by atoms with E-state index in [-0.39, 0.29) is 6.04 Å². The van der Waals surface area contributed by atoms with Crippen LogP contribution in [0.3, 0.4) is 0 Å². The number of rotatable bonds is 6. The third-order valence-electron chi connectivity index (χ3n) is 2.96. The van der Waals surface area contributed by atoms with Gasteiger partial charge in [0, 0.05) is 36.8 Å². The van der Waals surface area contributed by atoms with Crippen molar-refractivity contribution in [2.24, 2.45) is 5.73 Å². The molecule has 2 N–H and O–H groups in total. The lowest BCUT2D eigenvalue weighted by atomic mass is 10.1. The fraction of sp³-hybridized carbons (Fsp3) is 0.400. The van der Waals surface area contributed by atoms with Gasteiger partial charge in [-0.1, -0.05) is 24.3 Å². The van der Waals surface area contributed by atoms with Gasteiger partial charge in [-0.15, -0.1) is 0 Å². The van der Waals surface area contributed by atoms with Gasteiger partial charge >= 0.3 is 0 Å². The first-order valence-electron chi connectivity index (χ1n) is 6.47. The van der Waals surface area contributed by atoms with Crippen molar-refractivity contribution in [2.75, 3.05) is 13.2 Å². The number of hydrogen-bond acceptors (Lipinski definition) is 3. The number of hydrogen-bond donors (Lipinski definition) is 1. The Kier molecular flexibility index (Phi) is 4.67. The van der Waals surface area contributed by atoms with E-state index in [0.29, 0.717) is 0 Å². The highest BCUT2D eigenvalue weighted by atomic mass is 16.5. The number of para-hydroxylation sites is 1. The minimum absolute atomic E-state index is 0.116. The Balaban J connectivity index is 1.98. The number of pyridine rings is 1. The van der Waals surface area contributed by atoms with E-state index in [0.717, 1.165) is 37.3 Å². The molecule has 0 amide bonds. The monoisotopic (exact) mass is 244 g/mol. The molecule has 0 fully saturated rings. The van der Waals surface area contributed by atoms with Crippen molar-refractivity contribution in [1.82, 2.24) is 4.98 Å². The zero-order valence-corrected chi connectivity index (χ0v) is 10.8. The van der Waals surface area contributed by atoms with E-state index in [2.05, 4.69) is 23.2 Å². The van der Waals surface area contributed by atoms with E-state index in [9.17, 15) is 0 Å². The molecule has 0 saturated heterocycles. The highest BCUT2D eigenvalue weighted by Gasteiger charge is 2.05. The average molecular weight is 244 g/mol. The smallest absolute Gasteiger partial charge is 0.0705 e. The normalized spacial score (nSPS) is 12.8. The van der Waals surface area contributed by atoms with E-state index >= 15 is 0 Å². The summed E-state index contributed by atoms with van der Waals surface area (Å²) in [5, 5.41) is 1.17. The van der Waals surface area contributed by atoms with Gasteiger partial charge < -0.3 is 10.5 Å². The van der Waals surface area contributed by atoms with Crippen LogP contribution in [0.4, 0.5) is 0 Å². The van der Waals surface area contributed by atoms with Gasteiger partial charge in [0.1, 0.15) is 0 Å². The van der Waals surface area contributed by atoms with Gasteiger partial charge in [-0.2, -0.15) is 0 Å². The van der Waals surface area contributed by atoms with Crippen molar-refractivity contribution in [1.29, 1.82) is 0 Å². The molecule has 0 radical (unpaired) electrons. The summed E-state index contributed by atoms with van der Waals surface area (Å²) >= 11 is 0. The van der Waals surface area contributed by atoms with Crippen LogP contribution in [0.2, 0.25) is 0 Å². The quantitative estimate of drug-likeness (QED) is 0.794. The average Bonchev–Trinajstić information content (AvgIpc) is 2.39. The Morgan fingerprint density at radius 3 is 2.89 bits per heavy atom. The van der Waals surface area contributed by atoms with Crippen molar-refractivity contribution in [3.63, 3.8) is 0 Å². The van der Waals surface area contributed by atoms with Crippen LogP contribution < -0.4 is 5.73 Å². The number of aromatic nitrogens is 1. The van der Waals surface area contributed by atoms with E-state index in [1.54, 1.807) is 0 Å². The Labute approximate surface area is 108 Å². The van der Waals surface area contributed by atoms with Crippen molar-refractivity contribution < 1.29 is 4.74 Å². The Morgan fingerprint density at radius 1 is 1.22 bits per heavy atom. The van der Waals surface area contributed by atoms with E-state index in [1.807, 2.05) is 25.1 Å². The predicted molar refractivity (Wildman–Crippen MR) is 74.5 cm³/mol. The Morgan fingerprint density at radius 2 is 2.06 bits per heavy atom. The summed E-state index contributed by atoms with van der Waals surface area (Å²) in [4.78, 5) is 4.62. The van der Waals surface area contributed by atoms with Crippen LogP contribution in [0, 0.1) is 0 Å². The lowest BCUT2D eigenvalue weighted by molar-refractivity contribution is 0.140. The molecule has 1 aromatic carbocycles. The van der Waals surface area contributed by atoms with Crippen LogP contribution in [-0.2, 0) is 11.2 Å². The van der Waals surface area contributed by atoms with Crippen molar-refractivity contribution >= 4 is 10.9 Å². The molecule has 3 heteroatoms. The maximum Gasteiger partial charge on any atom is 0.0705 e. The van der Waals surface area contributed by atoms with Crippen LogP contribution in [-0.4, -0.2) is 24.2 Å². The standard InChI is InChI=1S/C15H20N2O/c1-2-18-10-9-13(16)11-14-8-7-12-5-3-4-6-15(12)17-14/h3-8,13H,2,9-11,16H2,1H3. The summed E-state index contributed by atoms with van der Waals surface area (Å²) in [5.74, 6) is 0. The highest BCUT2D eigenvalue weighted by Crippen LogP contribution is 2.13. The summed E-state index contributed by atoms with van der Waals surface area (Å²) < 4.78 is 5.31. The molecular formula is C15H20N2O. The van der Waals surface area contributed by atoms with Gasteiger partial charge in [-0.25, -0.2) is 0 Å². The molecule has 0 saturated carbocycles. The molecule has 96 valence electrons. The third-order valence-corrected chi connectivity index (χ3v) is 2.96. The third kappa shape index (κ3) is 3.52. The lowest BCUT2D eigenvalue weighted by Gasteiger charge is -2.11. The molecule has 1 unspecified atom stereocenters. The van der Waals surface area contributed by atoms with Crippen LogP contribution in [0.5, 0.6) is 0 Å². The van der Waals surface area contributed by atoms with Crippen LogP contribution in [0.15, 0.2) is 36.4 Å². The molecule has 0 aliphatic rings. The van der Waals surface area contributed by atoms with Crippen LogP contribution in [0.25, 0.3) is 10.9 Å². The molecule has 0 spiro atoms. The second-order valence-electron chi connectivity index (χ2n) is 4.45. The zero-order chi connectivity index (χ0) is 12.8. The summed E-state index contributed by atoms with van der Waals surface area (Å²) in [5.41, 5.74) is 8.16. The summed E-state index contributed by atoms with van der Waals surface area (Å²) in [6.45, 7) is 3.47. The predicted octanol–water partition coefficient (Wildman–Crippen LogP) is 2.53. The molecule has 0 bridgehead atoms. The fourth-order valence-electron chi connectivity index (χ4n) is 1.97. The maximum atomic E-state index is 6.07. The number of ether oxygens (including phenoxy) is 1. The zero-order valence-electron chi connectivity index (χ0n) is 10.8. The summed E-state index contributed by atoms with van der Waals surface area (Å²) in [6.07, 6.45) is 1.68.